The van der Waals surface area contributed by atoms with Gasteiger partial charge in [-0.2, -0.15) is 0 Å². The Kier molecular flexibility index (Phi) is 5.67. The van der Waals surface area contributed by atoms with Gasteiger partial charge in [-0.3, -0.25) is 14.7 Å². The van der Waals surface area contributed by atoms with E-state index in [0.717, 1.165) is 25.9 Å². The molecule has 0 unspecified atom stereocenters. The molecule has 0 radical (unpaired) electrons. The van der Waals surface area contributed by atoms with Gasteiger partial charge in [0.05, 0.1) is 21.8 Å². The first kappa shape index (κ1) is 20.5. The second-order valence-electron chi connectivity index (χ2n) is 6.82. The number of amides is 1. The van der Waals surface area contributed by atoms with E-state index in [2.05, 4.69) is 11.1 Å². The zero-order valence-electron chi connectivity index (χ0n) is 16.4. The molecule has 0 fully saturated rings. The van der Waals surface area contributed by atoms with Crippen LogP contribution >= 0.6 is 46.0 Å². The Bertz CT molecular complexity index is 1400. The van der Waals surface area contributed by atoms with Crippen LogP contribution < -0.4 is 4.90 Å². The van der Waals surface area contributed by atoms with Gasteiger partial charge < -0.3 is 0 Å². The van der Waals surface area contributed by atoms with Crippen molar-refractivity contribution in [3.63, 3.8) is 0 Å². The highest BCUT2D eigenvalue weighted by molar-refractivity contribution is 7.98. The number of hydrogen-bond donors (Lipinski definition) is 0. The maximum atomic E-state index is 13.7. The number of thiazole rings is 1. The van der Waals surface area contributed by atoms with Gasteiger partial charge in [0.2, 0.25) is 0 Å². The minimum absolute atomic E-state index is 0.154. The standard InChI is InChI=1S/C23H16ClN3OS3/c1-29-15-8-9-17-19(11-15)31-23(26-17)27(13-14-5-4-10-25-12-14)22(28)21-20(24)16-6-2-3-7-18(16)30-21/h2-12H,13H2,1H3. The molecule has 154 valence electrons. The third-order valence-electron chi connectivity index (χ3n) is 4.85. The third kappa shape index (κ3) is 3.94. The lowest BCUT2D eigenvalue weighted by molar-refractivity contribution is 0.0989. The molecule has 0 saturated carbocycles. The van der Waals surface area contributed by atoms with Crippen LogP contribution in [0.5, 0.6) is 0 Å². The predicted molar refractivity (Wildman–Crippen MR) is 133 cm³/mol. The number of benzene rings is 2. The lowest BCUT2D eigenvalue weighted by Gasteiger charge is -2.19. The molecule has 0 spiro atoms. The number of anilines is 1. The highest BCUT2D eigenvalue weighted by Gasteiger charge is 2.26. The number of nitrogens with zero attached hydrogens (tertiary/aromatic N) is 3. The zero-order chi connectivity index (χ0) is 21.4. The monoisotopic (exact) mass is 481 g/mol. The van der Waals surface area contributed by atoms with Crippen LogP contribution in [0.1, 0.15) is 15.2 Å². The molecule has 0 aliphatic heterocycles. The fourth-order valence-electron chi connectivity index (χ4n) is 3.31. The van der Waals surface area contributed by atoms with Crippen LogP contribution in [0.3, 0.4) is 0 Å². The molecule has 0 aliphatic carbocycles. The molecule has 2 aromatic carbocycles. The number of carbonyl (C=O) groups excluding carboxylic acids is 1. The number of thioether (sulfide) groups is 1. The van der Waals surface area contributed by atoms with Crippen molar-refractivity contribution in [1.82, 2.24) is 9.97 Å². The molecule has 0 N–H and O–H groups in total. The number of carbonyl (C=O) groups is 1. The average Bonchev–Trinajstić information content (AvgIpc) is 3.38. The van der Waals surface area contributed by atoms with Crippen molar-refractivity contribution in [3.05, 3.63) is 82.5 Å². The number of halogens is 1. The van der Waals surface area contributed by atoms with Gasteiger partial charge in [-0.15, -0.1) is 23.1 Å². The van der Waals surface area contributed by atoms with E-state index in [0.29, 0.717) is 21.6 Å². The summed E-state index contributed by atoms with van der Waals surface area (Å²) < 4.78 is 2.04. The summed E-state index contributed by atoms with van der Waals surface area (Å²) in [4.78, 5) is 26.1. The smallest absolute Gasteiger partial charge is 0.272 e. The Hall–Kier alpha value is -2.45. The number of aromatic nitrogens is 2. The van der Waals surface area contributed by atoms with Crippen molar-refractivity contribution >= 4 is 77.4 Å². The summed E-state index contributed by atoms with van der Waals surface area (Å²) in [5.41, 5.74) is 1.81. The van der Waals surface area contributed by atoms with E-state index in [9.17, 15) is 4.79 Å². The number of hydrogen-bond acceptors (Lipinski definition) is 6. The van der Waals surface area contributed by atoms with E-state index in [1.807, 2.05) is 54.8 Å². The van der Waals surface area contributed by atoms with Crippen molar-refractivity contribution in [1.29, 1.82) is 0 Å². The number of fused-ring (bicyclic) bond motifs is 2. The van der Waals surface area contributed by atoms with Gasteiger partial charge in [0.1, 0.15) is 4.88 Å². The summed E-state index contributed by atoms with van der Waals surface area (Å²) in [6.07, 6.45) is 5.54. The largest absolute Gasteiger partial charge is 0.279 e. The van der Waals surface area contributed by atoms with Gasteiger partial charge >= 0.3 is 0 Å². The number of pyridine rings is 1. The molecule has 0 atom stereocenters. The molecule has 1 amide bonds. The second-order valence-corrected chi connectivity index (χ2v) is 10.1. The first-order chi connectivity index (χ1) is 15.1. The lowest BCUT2D eigenvalue weighted by atomic mass is 10.2. The number of rotatable bonds is 5. The Balaban J connectivity index is 1.61. The van der Waals surface area contributed by atoms with Gasteiger partial charge in [0.15, 0.2) is 5.13 Å². The van der Waals surface area contributed by atoms with E-state index in [4.69, 9.17) is 16.6 Å². The van der Waals surface area contributed by atoms with Crippen LogP contribution in [0.15, 0.2) is 71.9 Å². The van der Waals surface area contributed by atoms with Crippen LogP contribution in [0.25, 0.3) is 20.3 Å². The topological polar surface area (TPSA) is 46.1 Å². The van der Waals surface area contributed by atoms with E-state index in [1.165, 1.54) is 27.6 Å². The summed E-state index contributed by atoms with van der Waals surface area (Å²) in [5, 5.41) is 2.04. The van der Waals surface area contributed by atoms with E-state index < -0.39 is 0 Å². The molecule has 5 rings (SSSR count). The zero-order valence-corrected chi connectivity index (χ0v) is 19.6. The SMILES string of the molecule is CSc1ccc2nc(N(Cc3cccnc3)C(=O)c3sc4ccccc4c3Cl)sc2c1. The van der Waals surface area contributed by atoms with Crippen molar-refractivity contribution in [2.45, 2.75) is 11.4 Å². The summed E-state index contributed by atoms with van der Waals surface area (Å²) in [7, 11) is 0. The second kappa shape index (κ2) is 8.59. The highest BCUT2D eigenvalue weighted by atomic mass is 35.5. The minimum Gasteiger partial charge on any atom is -0.279 e. The Morgan fingerprint density at radius 1 is 1.10 bits per heavy atom. The van der Waals surface area contributed by atoms with Gasteiger partial charge in [-0.1, -0.05) is 47.2 Å². The molecule has 31 heavy (non-hydrogen) atoms. The Morgan fingerprint density at radius 3 is 2.74 bits per heavy atom. The van der Waals surface area contributed by atoms with Gasteiger partial charge in [0, 0.05) is 27.4 Å². The quantitative estimate of drug-likeness (QED) is 0.250. The Labute approximate surface area is 196 Å². The molecular weight excluding hydrogens is 466 g/mol. The lowest BCUT2D eigenvalue weighted by Crippen LogP contribution is -2.30. The first-order valence-electron chi connectivity index (χ1n) is 9.46. The maximum Gasteiger partial charge on any atom is 0.272 e. The van der Waals surface area contributed by atoms with E-state index >= 15 is 0 Å². The maximum absolute atomic E-state index is 13.7. The van der Waals surface area contributed by atoms with Crippen LogP contribution in [0.4, 0.5) is 5.13 Å². The molecule has 0 bridgehead atoms. The van der Waals surface area contributed by atoms with E-state index in [1.54, 1.807) is 29.1 Å². The predicted octanol–water partition coefficient (Wildman–Crippen LogP) is 7.13. The van der Waals surface area contributed by atoms with Crippen molar-refractivity contribution < 1.29 is 4.79 Å². The van der Waals surface area contributed by atoms with Crippen molar-refractivity contribution in [2.24, 2.45) is 0 Å². The van der Waals surface area contributed by atoms with Crippen LogP contribution in [-0.4, -0.2) is 22.1 Å². The molecule has 4 nitrogen and oxygen atoms in total. The molecule has 0 saturated heterocycles. The van der Waals surface area contributed by atoms with Crippen LogP contribution in [-0.2, 0) is 6.54 Å². The average molecular weight is 482 g/mol. The molecular formula is C23H16ClN3OS3. The fraction of sp³-hybridized carbons (Fsp3) is 0.0870. The van der Waals surface area contributed by atoms with Crippen molar-refractivity contribution in [2.75, 3.05) is 11.2 Å². The molecule has 5 aromatic rings. The third-order valence-corrected chi connectivity index (χ3v) is 8.28. The Morgan fingerprint density at radius 2 is 1.97 bits per heavy atom. The first-order valence-corrected chi connectivity index (χ1v) is 12.7. The fourth-order valence-corrected chi connectivity index (χ4v) is 6.29. The molecule has 3 aromatic heterocycles. The summed E-state index contributed by atoms with van der Waals surface area (Å²) >= 11 is 11.2. The van der Waals surface area contributed by atoms with Crippen molar-refractivity contribution in [3.8, 4) is 0 Å². The van der Waals surface area contributed by atoms with Gasteiger partial charge in [-0.05, 0) is 42.2 Å². The van der Waals surface area contributed by atoms with Crippen LogP contribution in [0, 0.1) is 0 Å². The van der Waals surface area contributed by atoms with Gasteiger partial charge in [-0.25, -0.2) is 4.98 Å². The highest BCUT2D eigenvalue weighted by Crippen LogP contribution is 2.38. The van der Waals surface area contributed by atoms with Gasteiger partial charge in [0.25, 0.3) is 5.91 Å². The summed E-state index contributed by atoms with van der Waals surface area (Å²) in [6, 6.07) is 17.8. The van der Waals surface area contributed by atoms with E-state index in [-0.39, 0.29) is 5.91 Å². The molecule has 3 heterocycles. The van der Waals surface area contributed by atoms with Crippen LogP contribution in [0.2, 0.25) is 5.02 Å². The molecule has 0 aliphatic rings. The summed E-state index contributed by atoms with van der Waals surface area (Å²) in [5.74, 6) is -0.154. The minimum atomic E-state index is -0.154. The number of thiophene rings is 1. The normalized spacial score (nSPS) is 11.3. The molecule has 8 heteroatoms. The summed E-state index contributed by atoms with van der Waals surface area (Å²) in [6.45, 7) is 0.368.